The predicted molar refractivity (Wildman–Crippen MR) is 111 cm³/mol. The van der Waals surface area contributed by atoms with E-state index in [0.29, 0.717) is 16.5 Å². The lowest BCUT2D eigenvalue weighted by molar-refractivity contribution is -0.120. The molecule has 7 heteroatoms. The van der Waals surface area contributed by atoms with Crippen LogP contribution in [0.1, 0.15) is 41.8 Å². The number of anilines is 1. The number of amides is 2. The van der Waals surface area contributed by atoms with Crippen molar-refractivity contribution in [2.45, 2.75) is 33.1 Å². The zero-order valence-corrected chi connectivity index (χ0v) is 17.2. The third-order valence-corrected chi connectivity index (χ3v) is 4.96. The van der Waals surface area contributed by atoms with Crippen LogP contribution >= 0.6 is 11.3 Å². The third kappa shape index (κ3) is 6.49. The third-order valence-electron chi connectivity index (χ3n) is 4.02. The summed E-state index contributed by atoms with van der Waals surface area (Å²) < 4.78 is 4.87. The molecule has 0 fully saturated rings. The zero-order valence-electron chi connectivity index (χ0n) is 16.4. The number of thiophene rings is 1. The standard InChI is InChI=1S/C21H26N2O4S/c1-14(2)11-16-13-28-20(19(16)21(26)27-3)23-17(24)9-10-22-18(25)12-15-7-5-4-6-8-15/h4-8,13-14H,9-12H2,1-3H3,(H,22,25)(H,23,24). The number of nitrogens with one attached hydrogen (secondary N) is 2. The summed E-state index contributed by atoms with van der Waals surface area (Å²) in [6.07, 6.45) is 1.13. The van der Waals surface area contributed by atoms with E-state index >= 15 is 0 Å². The van der Waals surface area contributed by atoms with E-state index < -0.39 is 5.97 Å². The highest BCUT2D eigenvalue weighted by molar-refractivity contribution is 7.15. The first-order valence-electron chi connectivity index (χ1n) is 9.19. The van der Waals surface area contributed by atoms with Gasteiger partial charge in [0, 0.05) is 13.0 Å². The van der Waals surface area contributed by atoms with Crippen LogP contribution in [-0.4, -0.2) is 31.4 Å². The number of methoxy groups -OCH3 is 1. The quantitative estimate of drug-likeness (QED) is 0.630. The highest BCUT2D eigenvalue weighted by Crippen LogP contribution is 2.30. The molecule has 0 aliphatic heterocycles. The molecule has 0 saturated heterocycles. The molecule has 0 aliphatic rings. The van der Waals surface area contributed by atoms with Gasteiger partial charge in [-0.2, -0.15) is 0 Å². The molecule has 1 aromatic carbocycles. The number of rotatable bonds is 9. The Kier molecular flexibility index (Phi) is 8.19. The van der Waals surface area contributed by atoms with E-state index in [1.54, 1.807) is 0 Å². The summed E-state index contributed by atoms with van der Waals surface area (Å²) in [6, 6.07) is 9.41. The monoisotopic (exact) mass is 402 g/mol. The average Bonchev–Trinajstić information content (AvgIpc) is 3.03. The van der Waals surface area contributed by atoms with Crippen LogP contribution in [0.15, 0.2) is 35.7 Å². The van der Waals surface area contributed by atoms with Crippen LogP contribution in [0, 0.1) is 5.92 Å². The molecule has 0 unspecified atom stereocenters. The van der Waals surface area contributed by atoms with E-state index in [0.717, 1.165) is 17.5 Å². The van der Waals surface area contributed by atoms with Gasteiger partial charge in [-0.25, -0.2) is 4.79 Å². The van der Waals surface area contributed by atoms with Crippen molar-refractivity contribution in [3.05, 3.63) is 52.4 Å². The van der Waals surface area contributed by atoms with Gasteiger partial charge >= 0.3 is 5.97 Å². The molecular weight excluding hydrogens is 376 g/mol. The van der Waals surface area contributed by atoms with Gasteiger partial charge in [0.25, 0.3) is 0 Å². The Balaban J connectivity index is 1.88. The molecule has 6 nitrogen and oxygen atoms in total. The Hall–Kier alpha value is -2.67. The lowest BCUT2D eigenvalue weighted by Gasteiger charge is -2.09. The normalized spacial score (nSPS) is 10.6. The van der Waals surface area contributed by atoms with Gasteiger partial charge in [0.1, 0.15) is 5.00 Å². The van der Waals surface area contributed by atoms with Gasteiger partial charge in [-0.1, -0.05) is 44.2 Å². The van der Waals surface area contributed by atoms with E-state index in [2.05, 4.69) is 24.5 Å². The number of ether oxygens (including phenoxy) is 1. The Bertz CT molecular complexity index is 815. The van der Waals surface area contributed by atoms with Gasteiger partial charge in [-0.15, -0.1) is 11.3 Å². The molecule has 0 spiro atoms. The fourth-order valence-corrected chi connectivity index (χ4v) is 3.73. The fourth-order valence-electron chi connectivity index (χ4n) is 2.75. The van der Waals surface area contributed by atoms with Crippen molar-refractivity contribution in [3.8, 4) is 0 Å². The number of esters is 1. The molecule has 1 aromatic heterocycles. The van der Waals surface area contributed by atoms with Gasteiger partial charge in [0.2, 0.25) is 11.8 Å². The van der Waals surface area contributed by atoms with Crippen molar-refractivity contribution in [1.82, 2.24) is 5.32 Å². The van der Waals surface area contributed by atoms with Crippen molar-refractivity contribution < 1.29 is 19.1 Å². The van der Waals surface area contributed by atoms with E-state index in [1.165, 1.54) is 18.4 Å². The van der Waals surface area contributed by atoms with Gasteiger partial charge in [0.05, 0.1) is 19.1 Å². The highest BCUT2D eigenvalue weighted by Gasteiger charge is 2.21. The number of hydrogen-bond donors (Lipinski definition) is 2. The Morgan fingerprint density at radius 1 is 1.11 bits per heavy atom. The molecule has 2 aromatic rings. The van der Waals surface area contributed by atoms with E-state index in [-0.39, 0.29) is 31.2 Å². The lowest BCUT2D eigenvalue weighted by Crippen LogP contribution is -2.29. The molecule has 2 N–H and O–H groups in total. The molecule has 1 heterocycles. The van der Waals surface area contributed by atoms with Crippen molar-refractivity contribution in [2.24, 2.45) is 5.92 Å². The second-order valence-electron chi connectivity index (χ2n) is 6.87. The van der Waals surface area contributed by atoms with E-state index in [9.17, 15) is 14.4 Å². The van der Waals surface area contributed by atoms with Crippen molar-refractivity contribution in [3.63, 3.8) is 0 Å². The fraction of sp³-hybridized carbons (Fsp3) is 0.381. The zero-order chi connectivity index (χ0) is 20.5. The second kappa shape index (κ2) is 10.6. The van der Waals surface area contributed by atoms with Crippen molar-refractivity contribution in [2.75, 3.05) is 19.0 Å². The summed E-state index contributed by atoms with van der Waals surface area (Å²) in [7, 11) is 1.33. The maximum atomic E-state index is 12.2. The van der Waals surface area contributed by atoms with Crippen LogP contribution in [0.2, 0.25) is 0 Å². The maximum Gasteiger partial charge on any atom is 0.341 e. The van der Waals surface area contributed by atoms with E-state index in [1.807, 2.05) is 35.7 Å². The minimum absolute atomic E-state index is 0.124. The topological polar surface area (TPSA) is 84.5 Å². The molecule has 28 heavy (non-hydrogen) atoms. The van der Waals surface area contributed by atoms with Gasteiger partial charge in [-0.05, 0) is 28.8 Å². The van der Waals surface area contributed by atoms with E-state index in [4.69, 9.17) is 4.74 Å². The Morgan fingerprint density at radius 2 is 1.82 bits per heavy atom. The van der Waals surface area contributed by atoms with Crippen LogP contribution in [0.4, 0.5) is 5.00 Å². The maximum absolute atomic E-state index is 12.2. The van der Waals surface area contributed by atoms with Gasteiger partial charge in [-0.3, -0.25) is 9.59 Å². The molecule has 0 bridgehead atoms. The summed E-state index contributed by atoms with van der Waals surface area (Å²) in [5.41, 5.74) is 2.21. The largest absolute Gasteiger partial charge is 0.465 e. The molecule has 2 amide bonds. The Labute approximate surface area is 169 Å². The van der Waals surface area contributed by atoms with Crippen LogP contribution in [-0.2, 0) is 27.2 Å². The first-order valence-corrected chi connectivity index (χ1v) is 10.1. The summed E-state index contributed by atoms with van der Waals surface area (Å²) in [4.78, 5) is 36.3. The lowest BCUT2D eigenvalue weighted by atomic mass is 10.0. The van der Waals surface area contributed by atoms with Crippen molar-refractivity contribution in [1.29, 1.82) is 0 Å². The van der Waals surface area contributed by atoms with Gasteiger partial charge in [0.15, 0.2) is 0 Å². The van der Waals surface area contributed by atoms with Gasteiger partial charge < -0.3 is 15.4 Å². The summed E-state index contributed by atoms with van der Waals surface area (Å²) in [5.74, 6) is -0.475. The molecule has 0 aliphatic carbocycles. The van der Waals surface area contributed by atoms with Crippen molar-refractivity contribution >= 4 is 34.1 Å². The molecular formula is C21H26N2O4S. The number of carbonyl (C=O) groups excluding carboxylic acids is 3. The second-order valence-corrected chi connectivity index (χ2v) is 7.74. The number of hydrogen-bond acceptors (Lipinski definition) is 5. The number of benzene rings is 1. The van der Waals surface area contributed by atoms with Crippen LogP contribution in [0.25, 0.3) is 0 Å². The smallest absolute Gasteiger partial charge is 0.341 e. The molecule has 0 radical (unpaired) electrons. The molecule has 150 valence electrons. The first-order chi connectivity index (χ1) is 13.4. The SMILES string of the molecule is COC(=O)c1c(CC(C)C)csc1NC(=O)CCNC(=O)Cc1ccccc1. The summed E-state index contributed by atoms with van der Waals surface area (Å²) in [5, 5.41) is 7.88. The van der Waals surface area contributed by atoms with Crippen LogP contribution < -0.4 is 10.6 Å². The predicted octanol–water partition coefficient (Wildman–Crippen LogP) is 3.42. The molecule has 0 atom stereocenters. The average molecular weight is 403 g/mol. The molecule has 2 rings (SSSR count). The first kappa shape index (κ1) is 21.6. The summed E-state index contributed by atoms with van der Waals surface area (Å²) in [6.45, 7) is 4.36. The van der Waals surface area contributed by atoms with Crippen LogP contribution in [0.3, 0.4) is 0 Å². The highest BCUT2D eigenvalue weighted by atomic mass is 32.1. The van der Waals surface area contributed by atoms with Crippen LogP contribution in [0.5, 0.6) is 0 Å². The minimum Gasteiger partial charge on any atom is -0.465 e. The number of carbonyl (C=O) groups is 3. The minimum atomic E-state index is -0.455. The summed E-state index contributed by atoms with van der Waals surface area (Å²) >= 11 is 1.31. The molecule has 0 saturated carbocycles. The Morgan fingerprint density at radius 3 is 2.46 bits per heavy atom.